The number of ether oxygens (including phenoxy) is 4. The highest BCUT2D eigenvalue weighted by atomic mass is 79.9. The van der Waals surface area contributed by atoms with Gasteiger partial charge in [-0.05, 0) is 24.3 Å². The highest BCUT2D eigenvalue weighted by molar-refractivity contribution is 9.10. The molecule has 8 heteroatoms. The first-order valence-electron chi connectivity index (χ1n) is 7.80. The summed E-state index contributed by atoms with van der Waals surface area (Å²) < 4.78 is 22.4. The van der Waals surface area contributed by atoms with Crippen LogP contribution in [0.1, 0.15) is 15.9 Å². The van der Waals surface area contributed by atoms with Gasteiger partial charge in [-0.15, -0.1) is 0 Å². The van der Waals surface area contributed by atoms with E-state index in [1.807, 2.05) is 0 Å². The molecule has 2 aromatic carbocycles. The molecule has 1 amide bonds. The lowest BCUT2D eigenvalue weighted by molar-refractivity contribution is -0.119. The average Bonchev–Trinajstić information content (AvgIpc) is 2.64. The first-order valence-corrected chi connectivity index (χ1v) is 8.59. The smallest absolute Gasteiger partial charge is 0.342 e. The summed E-state index contributed by atoms with van der Waals surface area (Å²) in [5.41, 5.74) is 6.01. The molecule has 26 heavy (non-hydrogen) atoms. The second-order valence-corrected chi connectivity index (χ2v) is 6.27. The number of carbonyl (C=O) groups excluding carboxylic acids is 2. The van der Waals surface area contributed by atoms with E-state index in [9.17, 15) is 9.59 Å². The van der Waals surface area contributed by atoms with Crippen molar-refractivity contribution in [1.29, 1.82) is 0 Å². The number of hydrogen-bond donors (Lipinski definition) is 1. The van der Waals surface area contributed by atoms with Gasteiger partial charge >= 0.3 is 5.97 Å². The van der Waals surface area contributed by atoms with Crippen LogP contribution in [0.3, 0.4) is 0 Å². The van der Waals surface area contributed by atoms with Crippen LogP contribution in [0.5, 0.6) is 17.2 Å². The summed E-state index contributed by atoms with van der Waals surface area (Å²) in [4.78, 5) is 23.3. The third-order valence-electron chi connectivity index (χ3n) is 3.55. The summed E-state index contributed by atoms with van der Waals surface area (Å²) >= 11 is 3.43. The summed E-state index contributed by atoms with van der Waals surface area (Å²) in [6, 6.07) is 10.0. The predicted octanol–water partition coefficient (Wildman–Crippen LogP) is 2.44. The van der Waals surface area contributed by atoms with Gasteiger partial charge < -0.3 is 24.7 Å². The molecule has 2 N–H and O–H groups in total. The highest BCUT2D eigenvalue weighted by Gasteiger charge is 2.18. The number of fused-ring (bicyclic) bond motifs is 1. The quantitative estimate of drug-likeness (QED) is 0.719. The van der Waals surface area contributed by atoms with E-state index in [1.165, 1.54) is 0 Å². The largest absolute Gasteiger partial charge is 0.486 e. The molecule has 136 valence electrons. The van der Waals surface area contributed by atoms with Crippen molar-refractivity contribution in [2.24, 2.45) is 5.73 Å². The SMILES string of the molecule is NC(=O)COc1ccccc1C(=O)OCc1cc2c(cc1Br)OCCO2. The Morgan fingerprint density at radius 1 is 1.12 bits per heavy atom. The maximum absolute atomic E-state index is 12.4. The Hall–Kier alpha value is -2.74. The molecule has 0 radical (unpaired) electrons. The second kappa shape index (κ2) is 8.09. The lowest BCUT2D eigenvalue weighted by Gasteiger charge is -2.20. The zero-order chi connectivity index (χ0) is 18.5. The van der Waals surface area contributed by atoms with Crippen molar-refractivity contribution >= 4 is 27.8 Å². The fourth-order valence-electron chi connectivity index (χ4n) is 2.35. The van der Waals surface area contributed by atoms with E-state index in [1.54, 1.807) is 36.4 Å². The third-order valence-corrected chi connectivity index (χ3v) is 4.29. The molecule has 2 aromatic rings. The fourth-order valence-corrected chi connectivity index (χ4v) is 2.78. The van der Waals surface area contributed by atoms with E-state index < -0.39 is 11.9 Å². The summed E-state index contributed by atoms with van der Waals surface area (Å²) in [6.45, 7) is 0.673. The van der Waals surface area contributed by atoms with Crippen LogP contribution in [0.2, 0.25) is 0 Å². The standard InChI is InChI=1S/C18H16BrNO6/c19-13-8-16-15(23-5-6-24-16)7-11(13)9-26-18(22)12-3-1-2-4-14(12)25-10-17(20)21/h1-4,7-8H,5-6,9-10H2,(H2,20,21). The molecule has 0 saturated heterocycles. The van der Waals surface area contributed by atoms with Crippen molar-refractivity contribution in [1.82, 2.24) is 0 Å². The van der Waals surface area contributed by atoms with E-state index in [0.717, 1.165) is 10.0 Å². The minimum Gasteiger partial charge on any atom is -0.486 e. The Morgan fingerprint density at radius 3 is 2.54 bits per heavy atom. The Morgan fingerprint density at radius 2 is 1.81 bits per heavy atom. The molecule has 7 nitrogen and oxygen atoms in total. The van der Waals surface area contributed by atoms with Crippen LogP contribution in [0.4, 0.5) is 0 Å². The minimum absolute atomic E-state index is 0.0280. The van der Waals surface area contributed by atoms with Gasteiger partial charge in [-0.25, -0.2) is 4.79 Å². The number of rotatable bonds is 6. The zero-order valence-electron chi connectivity index (χ0n) is 13.7. The molecule has 0 aromatic heterocycles. The highest BCUT2D eigenvalue weighted by Crippen LogP contribution is 2.36. The number of primary amides is 1. The van der Waals surface area contributed by atoms with Gasteiger partial charge in [0.1, 0.15) is 31.1 Å². The number of hydrogen-bond acceptors (Lipinski definition) is 6. The molecule has 1 heterocycles. The van der Waals surface area contributed by atoms with Crippen molar-refractivity contribution in [3.05, 3.63) is 52.0 Å². The molecule has 0 bridgehead atoms. The Kier molecular flexibility index (Phi) is 5.62. The van der Waals surface area contributed by atoms with Crippen LogP contribution in [0, 0.1) is 0 Å². The number of nitrogens with two attached hydrogens (primary N) is 1. The van der Waals surface area contributed by atoms with Gasteiger partial charge in [-0.2, -0.15) is 0 Å². The summed E-state index contributed by atoms with van der Waals surface area (Å²) in [6.07, 6.45) is 0. The van der Waals surface area contributed by atoms with Gasteiger partial charge in [-0.1, -0.05) is 28.1 Å². The molecule has 0 atom stereocenters. The normalized spacial score (nSPS) is 12.3. The van der Waals surface area contributed by atoms with Gasteiger partial charge in [-0.3, -0.25) is 4.79 Å². The lowest BCUT2D eigenvalue weighted by atomic mass is 10.2. The predicted molar refractivity (Wildman–Crippen MR) is 95.4 cm³/mol. The monoisotopic (exact) mass is 421 g/mol. The molecular formula is C18H16BrNO6. The van der Waals surface area contributed by atoms with Crippen LogP contribution in [0.25, 0.3) is 0 Å². The van der Waals surface area contributed by atoms with Crippen LogP contribution in [-0.2, 0) is 16.1 Å². The van der Waals surface area contributed by atoms with E-state index in [0.29, 0.717) is 24.7 Å². The van der Waals surface area contributed by atoms with Crippen molar-refractivity contribution in [3.8, 4) is 17.2 Å². The maximum Gasteiger partial charge on any atom is 0.342 e. The van der Waals surface area contributed by atoms with E-state index in [-0.39, 0.29) is 24.5 Å². The van der Waals surface area contributed by atoms with Gasteiger partial charge in [0.25, 0.3) is 5.91 Å². The van der Waals surface area contributed by atoms with Crippen LogP contribution < -0.4 is 19.9 Å². The molecule has 3 rings (SSSR count). The number of para-hydroxylation sites is 1. The fraction of sp³-hybridized carbons (Fsp3) is 0.222. The molecule has 0 spiro atoms. The molecular weight excluding hydrogens is 406 g/mol. The second-order valence-electron chi connectivity index (χ2n) is 5.41. The lowest BCUT2D eigenvalue weighted by Crippen LogP contribution is -2.21. The average molecular weight is 422 g/mol. The van der Waals surface area contributed by atoms with E-state index >= 15 is 0 Å². The van der Waals surface area contributed by atoms with Crippen LogP contribution in [-0.4, -0.2) is 31.7 Å². The van der Waals surface area contributed by atoms with Crippen molar-refractivity contribution in [3.63, 3.8) is 0 Å². The summed E-state index contributed by atoms with van der Waals surface area (Å²) in [5, 5.41) is 0. The number of halogens is 1. The van der Waals surface area contributed by atoms with Gasteiger partial charge in [0.2, 0.25) is 0 Å². The third kappa shape index (κ3) is 4.26. The zero-order valence-corrected chi connectivity index (χ0v) is 15.3. The first-order chi connectivity index (χ1) is 12.5. The molecule has 1 aliphatic rings. The minimum atomic E-state index is -0.631. The number of benzene rings is 2. The first kappa shape index (κ1) is 18.1. The van der Waals surface area contributed by atoms with Gasteiger partial charge in [0, 0.05) is 10.0 Å². The molecule has 0 fully saturated rings. The van der Waals surface area contributed by atoms with E-state index in [4.69, 9.17) is 24.7 Å². The van der Waals surface area contributed by atoms with Crippen molar-refractivity contribution < 1.29 is 28.5 Å². The van der Waals surface area contributed by atoms with Crippen molar-refractivity contribution in [2.45, 2.75) is 6.61 Å². The Bertz CT molecular complexity index is 838. The molecule has 0 saturated carbocycles. The Labute approximate surface area is 158 Å². The molecule has 0 unspecified atom stereocenters. The van der Waals surface area contributed by atoms with Gasteiger partial charge in [0.05, 0.1) is 0 Å². The molecule has 1 aliphatic heterocycles. The van der Waals surface area contributed by atoms with Gasteiger partial charge in [0.15, 0.2) is 18.1 Å². The van der Waals surface area contributed by atoms with Crippen LogP contribution >= 0.6 is 15.9 Å². The number of esters is 1. The number of carbonyl (C=O) groups is 2. The topological polar surface area (TPSA) is 97.1 Å². The summed E-state index contributed by atoms with van der Waals surface area (Å²) in [7, 11) is 0. The Balaban J connectivity index is 1.70. The maximum atomic E-state index is 12.4. The van der Waals surface area contributed by atoms with Crippen LogP contribution in [0.15, 0.2) is 40.9 Å². The molecule has 0 aliphatic carbocycles. The number of amides is 1. The van der Waals surface area contributed by atoms with E-state index in [2.05, 4.69) is 15.9 Å². The summed E-state index contributed by atoms with van der Waals surface area (Å²) in [5.74, 6) is 0.275. The van der Waals surface area contributed by atoms with Crippen molar-refractivity contribution in [2.75, 3.05) is 19.8 Å².